The average molecular weight is 188 g/mol. The van der Waals surface area contributed by atoms with Crippen LogP contribution in [0, 0.1) is 0 Å². The molecule has 0 fully saturated rings. The first-order valence-electron chi connectivity index (χ1n) is 3.59. The number of alkyl halides is 2. The van der Waals surface area contributed by atoms with Crippen LogP contribution >= 0.6 is 12.4 Å². The van der Waals surface area contributed by atoms with Gasteiger partial charge in [-0.3, -0.25) is 0 Å². The van der Waals surface area contributed by atoms with E-state index in [0.29, 0.717) is 6.42 Å². The second-order valence-corrected chi connectivity index (χ2v) is 2.63. The second-order valence-electron chi connectivity index (χ2n) is 2.63. The van der Waals surface area contributed by atoms with Crippen LogP contribution in [0.4, 0.5) is 8.78 Å². The lowest BCUT2D eigenvalue weighted by molar-refractivity contribution is 0.0106. The van der Waals surface area contributed by atoms with Crippen molar-refractivity contribution in [2.75, 3.05) is 13.6 Å². The van der Waals surface area contributed by atoms with Gasteiger partial charge in [0.2, 0.25) is 5.92 Å². The third-order valence-electron chi connectivity index (χ3n) is 1.29. The van der Waals surface area contributed by atoms with Crippen molar-refractivity contribution in [1.82, 2.24) is 5.32 Å². The van der Waals surface area contributed by atoms with Gasteiger partial charge in [-0.1, -0.05) is 0 Å². The van der Waals surface area contributed by atoms with E-state index in [1.807, 2.05) is 7.05 Å². The molecule has 0 bridgehead atoms. The lowest BCUT2D eigenvalue weighted by Gasteiger charge is -2.08. The summed E-state index contributed by atoms with van der Waals surface area (Å²) in [7, 11) is 1.82. The summed E-state index contributed by atoms with van der Waals surface area (Å²) in [6.07, 6.45) is 1.44. The van der Waals surface area contributed by atoms with Crippen LogP contribution in [0.1, 0.15) is 26.2 Å². The van der Waals surface area contributed by atoms with Crippen LogP contribution in [-0.2, 0) is 0 Å². The quantitative estimate of drug-likeness (QED) is 0.652. The van der Waals surface area contributed by atoms with Crippen LogP contribution in [0.3, 0.4) is 0 Å². The molecule has 1 N–H and O–H groups in total. The number of rotatable bonds is 5. The van der Waals surface area contributed by atoms with Crippen molar-refractivity contribution in [2.45, 2.75) is 32.1 Å². The van der Waals surface area contributed by atoms with Gasteiger partial charge >= 0.3 is 0 Å². The summed E-state index contributed by atoms with van der Waals surface area (Å²) in [6.45, 7) is 1.79. The van der Waals surface area contributed by atoms with Crippen LogP contribution < -0.4 is 5.32 Å². The summed E-state index contributed by atoms with van der Waals surface area (Å²) < 4.78 is 24.3. The van der Waals surface area contributed by atoms with Gasteiger partial charge in [-0.15, -0.1) is 12.4 Å². The van der Waals surface area contributed by atoms with Crippen molar-refractivity contribution in [1.29, 1.82) is 0 Å². The zero-order chi connectivity index (χ0) is 8.04. The van der Waals surface area contributed by atoms with Crippen LogP contribution in [0.15, 0.2) is 0 Å². The topological polar surface area (TPSA) is 12.0 Å². The fourth-order valence-corrected chi connectivity index (χ4v) is 0.737. The molecule has 0 aliphatic rings. The molecule has 70 valence electrons. The molecule has 0 aliphatic heterocycles. The van der Waals surface area contributed by atoms with Gasteiger partial charge in [0.1, 0.15) is 0 Å². The normalized spacial score (nSPS) is 10.9. The van der Waals surface area contributed by atoms with Crippen LogP contribution in [0.5, 0.6) is 0 Å². The zero-order valence-electron chi connectivity index (χ0n) is 6.99. The van der Waals surface area contributed by atoms with E-state index < -0.39 is 5.92 Å². The Kier molecular flexibility index (Phi) is 8.46. The largest absolute Gasteiger partial charge is 0.320 e. The highest BCUT2D eigenvalue weighted by Gasteiger charge is 2.19. The summed E-state index contributed by atoms with van der Waals surface area (Å²) >= 11 is 0. The van der Waals surface area contributed by atoms with Gasteiger partial charge in [0.05, 0.1) is 0 Å². The van der Waals surface area contributed by atoms with Crippen molar-refractivity contribution in [2.24, 2.45) is 0 Å². The molecule has 0 aliphatic carbocycles. The predicted octanol–water partition coefficient (Wildman–Crippen LogP) is 2.45. The monoisotopic (exact) mass is 187 g/mol. The third-order valence-corrected chi connectivity index (χ3v) is 1.29. The van der Waals surface area contributed by atoms with Crippen molar-refractivity contribution in [3.05, 3.63) is 0 Å². The van der Waals surface area contributed by atoms with Gasteiger partial charge in [-0.05, 0) is 33.4 Å². The van der Waals surface area contributed by atoms with E-state index in [9.17, 15) is 8.78 Å². The Morgan fingerprint density at radius 3 is 2.18 bits per heavy atom. The van der Waals surface area contributed by atoms with E-state index in [1.165, 1.54) is 0 Å². The maximum atomic E-state index is 12.1. The molecule has 0 atom stereocenters. The molecule has 0 aromatic rings. The Bertz CT molecular complexity index is 83.0. The average Bonchev–Trinajstić information content (AvgIpc) is 1.78. The molecular weight excluding hydrogens is 172 g/mol. The Morgan fingerprint density at radius 2 is 1.82 bits per heavy atom. The first-order chi connectivity index (χ1) is 4.56. The van der Waals surface area contributed by atoms with Gasteiger partial charge in [0, 0.05) is 6.42 Å². The Labute approximate surface area is 73.0 Å². The van der Waals surface area contributed by atoms with Crippen molar-refractivity contribution in [3.63, 3.8) is 0 Å². The molecule has 0 amide bonds. The Hall–Kier alpha value is 0.110. The van der Waals surface area contributed by atoms with Crippen LogP contribution in [0.25, 0.3) is 0 Å². The number of nitrogens with one attached hydrogen (secondary N) is 1. The molecule has 0 saturated heterocycles. The summed E-state index contributed by atoms with van der Waals surface area (Å²) in [5, 5.41) is 2.91. The Balaban J connectivity index is 0. The van der Waals surface area contributed by atoms with Crippen molar-refractivity contribution < 1.29 is 8.78 Å². The van der Waals surface area contributed by atoms with E-state index >= 15 is 0 Å². The van der Waals surface area contributed by atoms with Crippen molar-refractivity contribution >= 4 is 12.4 Å². The summed E-state index contributed by atoms with van der Waals surface area (Å²) in [4.78, 5) is 0. The highest BCUT2D eigenvalue weighted by atomic mass is 35.5. The van der Waals surface area contributed by atoms with Gasteiger partial charge in [0.25, 0.3) is 0 Å². The number of hydrogen-bond acceptors (Lipinski definition) is 1. The van der Waals surface area contributed by atoms with E-state index in [1.54, 1.807) is 0 Å². The molecule has 0 aromatic heterocycles. The molecule has 0 radical (unpaired) electrons. The lowest BCUT2D eigenvalue weighted by atomic mass is 10.1. The predicted molar refractivity (Wildman–Crippen MR) is 45.6 cm³/mol. The standard InChI is InChI=1S/C7H15F2N.ClH/c1-7(8,9)5-3-4-6-10-2;/h10H,3-6H2,1-2H3;1H. The molecule has 0 rings (SSSR count). The molecule has 0 unspecified atom stereocenters. The van der Waals surface area contributed by atoms with Crippen LogP contribution in [-0.4, -0.2) is 19.5 Å². The van der Waals surface area contributed by atoms with E-state index in [2.05, 4.69) is 5.32 Å². The summed E-state index contributed by atoms with van der Waals surface area (Å²) in [5.41, 5.74) is 0. The number of halogens is 3. The Morgan fingerprint density at radius 1 is 1.27 bits per heavy atom. The molecule has 0 aromatic carbocycles. The highest BCUT2D eigenvalue weighted by Crippen LogP contribution is 2.19. The fraction of sp³-hybridized carbons (Fsp3) is 1.00. The van der Waals surface area contributed by atoms with E-state index in [0.717, 1.165) is 19.9 Å². The fourth-order valence-electron chi connectivity index (χ4n) is 0.737. The van der Waals surface area contributed by atoms with Gasteiger partial charge in [-0.2, -0.15) is 0 Å². The second kappa shape index (κ2) is 6.80. The minimum atomic E-state index is -2.48. The maximum absolute atomic E-state index is 12.1. The minimum absolute atomic E-state index is 0. The molecule has 0 heterocycles. The zero-order valence-corrected chi connectivity index (χ0v) is 7.81. The molecular formula is C7H16ClF2N. The maximum Gasteiger partial charge on any atom is 0.245 e. The van der Waals surface area contributed by atoms with Gasteiger partial charge in [0.15, 0.2) is 0 Å². The first kappa shape index (κ1) is 13.7. The van der Waals surface area contributed by atoms with Crippen molar-refractivity contribution in [3.8, 4) is 0 Å². The minimum Gasteiger partial charge on any atom is -0.320 e. The number of hydrogen-bond donors (Lipinski definition) is 1. The van der Waals surface area contributed by atoms with E-state index in [4.69, 9.17) is 0 Å². The highest BCUT2D eigenvalue weighted by molar-refractivity contribution is 5.85. The summed E-state index contributed by atoms with van der Waals surface area (Å²) in [5.74, 6) is -2.48. The SMILES string of the molecule is CNCCCCC(C)(F)F.Cl. The molecule has 1 nitrogen and oxygen atoms in total. The van der Waals surface area contributed by atoms with Gasteiger partial charge < -0.3 is 5.32 Å². The first-order valence-corrected chi connectivity index (χ1v) is 3.59. The van der Waals surface area contributed by atoms with E-state index in [-0.39, 0.29) is 18.8 Å². The molecule has 0 saturated carbocycles. The third kappa shape index (κ3) is 13.2. The lowest BCUT2D eigenvalue weighted by Crippen LogP contribution is -2.12. The molecule has 11 heavy (non-hydrogen) atoms. The number of unbranched alkanes of at least 4 members (excludes halogenated alkanes) is 1. The van der Waals surface area contributed by atoms with Gasteiger partial charge in [-0.25, -0.2) is 8.78 Å². The van der Waals surface area contributed by atoms with Crippen LogP contribution in [0.2, 0.25) is 0 Å². The smallest absolute Gasteiger partial charge is 0.245 e. The molecule has 0 spiro atoms. The summed E-state index contributed by atoms with van der Waals surface area (Å²) in [6, 6.07) is 0. The molecule has 4 heteroatoms.